The van der Waals surface area contributed by atoms with Gasteiger partial charge in [-0.15, -0.1) is 6.42 Å². The molecule has 3 N–H and O–H groups in total. The third-order valence-electron chi connectivity index (χ3n) is 6.30. The topological polar surface area (TPSA) is 116 Å². The normalized spacial score (nSPS) is 23.4. The van der Waals surface area contributed by atoms with Crippen molar-refractivity contribution >= 4 is 28.5 Å². The van der Waals surface area contributed by atoms with Crippen LogP contribution in [0.2, 0.25) is 0 Å². The molecule has 11 heteroatoms. The maximum absolute atomic E-state index is 15.2. The van der Waals surface area contributed by atoms with Gasteiger partial charge in [-0.1, -0.05) is 29.8 Å². The van der Waals surface area contributed by atoms with E-state index < -0.39 is 34.6 Å². The minimum absolute atomic E-state index is 0.0424. The molecule has 4 rings (SSSR count). The lowest BCUT2D eigenvalue weighted by Crippen LogP contribution is -2.50. The summed E-state index contributed by atoms with van der Waals surface area (Å²) in [6, 6.07) is 8.57. The zero-order valence-electron chi connectivity index (χ0n) is 19.5. The van der Waals surface area contributed by atoms with Crippen LogP contribution in [0.1, 0.15) is 35.6 Å². The number of terminal acetylenes is 1. The van der Waals surface area contributed by atoms with Crippen molar-refractivity contribution in [3.63, 3.8) is 0 Å². The molecule has 2 aromatic heterocycles. The summed E-state index contributed by atoms with van der Waals surface area (Å²) in [7, 11) is 0. The number of anilines is 1. The lowest BCUT2D eigenvalue weighted by molar-refractivity contribution is 0.102. The SMILES string of the molecule is C#CCOc1ccc(C(=O)Nc2ccc(F)c([C@@]3(CF)N=C(N)S[C@](C)(c4ccon4)[C@H]3C)c2)nc1. The number of carbonyl (C=O) groups is 1. The van der Waals surface area contributed by atoms with Crippen molar-refractivity contribution in [3.8, 4) is 18.1 Å². The van der Waals surface area contributed by atoms with E-state index in [0.717, 1.165) is 6.07 Å². The summed E-state index contributed by atoms with van der Waals surface area (Å²) < 4.78 is 39.5. The molecule has 186 valence electrons. The number of alkyl halides is 1. The van der Waals surface area contributed by atoms with Gasteiger partial charge in [-0.3, -0.25) is 4.79 Å². The van der Waals surface area contributed by atoms with Gasteiger partial charge in [0, 0.05) is 23.2 Å². The minimum Gasteiger partial charge on any atom is -0.479 e. The van der Waals surface area contributed by atoms with E-state index in [0.29, 0.717) is 11.4 Å². The number of carbonyl (C=O) groups excluding carboxylic acids is 1. The quantitative estimate of drug-likeness (QED) is 0.456. The lowest BCUT2D eigenvalue weighted by atomic mass is 9.72. The number of thioether (sulfide) groups is 1. The number of rotatable bonds is 7. The van der Waals surface area contributed by atoms with Gasteiger partial charge in [-0.25, -0.2) is 18.8 Å². The first kappa shape index (κ1) is 25.2. The number of nitrogens with one attached hydrogen (secondary N) is 1. The fraction of sp³-hybridized carbons (Fsp3) is 0.280. The van der Waals surface area contributed by atoms with Gasteiger partial charge in [0.1, 0.15) is 48.0 Å². The van der Waals surface area contributed by atoms with Crippen LogP contribution < -0.4 is 15.8 Å². The summed E-state index contributed by atoms with van der Waals surface area (Å²) >= 11 is 1.21. The average molecular weight is 512 g/mol. The molecule has 0 radical (unpaired) electrons. The van der Waals surface area contributed by atoms with Crippen molar-refractivity contribution in [2.24, 2.45) is 16.6 Å². The van der Waals surface area contributed by atoms with Gasteiger partial charge in [-0.05, 0) is 37.3 Å². The average Bonchev–Trinajstić information content (AvgIpc) is 3.42. The predicted octanol–water partition coefficient (Wildman–Crippen LogP) is 4.25. The Morgan fingerprint density at radius 1 is 1.36 bits per heavy atom. The summed E-state index contributed by atoms with van der Waals surface area (Å²) in [6.45, 7) is 2.63. The first-order valence-corrected chi connectivity index (χ1v) is 11.7. The van der Waals surface area contributed by atoms with Gasteiger partial charge in [-0.2, -0.15) is 0 Å². The molecule has 3 atom stereocenters. The van der Waals surface area contributed by atoms with Crippen LogP contribution in [0.25, 0.3) is 0 Å². The third kappa shape index (κ3) is 4.52. The number of amides is 1. The van der Waals surface area contributed by atoms with Crippen molar-refractivity contribution in [1.29, 1.82) is 0 Å². The molecule has 0 bridgehead atoms. The number of aliphatic imine (C=N–C) groups is 1. The van der Waals surface area contributed by atoms with Gasteiger partial charge in [0.2, 0.25) is 0 Å². The van der Waals surface area contributed by atoms with Crippen LogP contribution in [-0.4, -0.2) is 34.5 Å². The molecule has 0 saturated carbocycles. The Bertz CT molecular complexity index is 1330. The second-order valence-corrected chi connectivity index (χ2v) is 9.81. The highest BCUT2D eigenvalue weighted by molar-refractivity contribution is 8.14. The van der Waals surface area contributed by atoms with Crippen LogP contribution in [-0.2, 0) is 10.3 Å². The van der Waals surface area contributed by atoms with Crippen LogP contribution in [0, 0.1) is 24.1 Å². The second-order valence-electron chi connectivity index (χ2n) is 8.34. The Morgan fingerprint density at radius 3 is 2.81 bits per heavy atom. The number of pyridine rings is 1. The van der Waals surface area contributed by atoms with Crippen molar-refractivity contribution in [2.45, 2.75) is 24.1 Å². The molecule has 0 aliphatic carbocycles. The first-order chi connectivity index (χ1) is 17.2. The zero-order valence-corrected chi connectivity index (χ0v) is 20.3. The van der Waals surface area contributed by atoms with Crippen molar-refractivity contribution < 1.29 is 22.8 Å². The van der Waals surface area contributed by atoms with E-state index in [-0.39, 0.29) is 28.7 Å². The molecule has 0 unspecified atom stereocenters. The van der Waals surface area contributed by atoms with E-state index in [4.69, 9.17) is 21.4 Å². The molecule has 3 heterocycles. The predicted molar refractivity (Wildman–Crippen MR) is 133 cm³/mol. The van der Waals surface area contributed by atoms with E-state index >= 15 is 4.39 Å². The Morgan fingerprint density at radius 2 is 2.17 bits per heavy atom. The second kappa shape index (κ2) is 9.99. The van der Waals surface area contributed by atoms with Gasteiger partial charge in [0.05, 0.1) is 10.9 Å². The molecule has 8 nitrogen and oxygen atoms in total. The first-order valence-electron chi connectivity index (χ1n) is 10.9. The maximum Gasteiger partial charge on any atom is 0.274 e. The van der Waals surface area contributed by atoms with Gasteiger partial charge >= 0.3 is 0 Å². The molecule has 1 aliphatic heterocycles. The number of amidine groups is 1. The molecule has 1 aliphatic rings. The molecular weight excluding hydrogens is 488 g/mol. The minimum atomic E-state index is -1.66. The summed E-state index contributed by atoms with van der Waals surface area (Å²) in [5.74, 6) is 0.913. The highest BCUT2D eigenvalue weighted by Crippen LogP contribution is 2.55. The highest BCUT2D eigenvalue weighted by atomic mass is 32.2. The van der Waals surface area contributed by atoms with Crippen LogP contribution in [0.15, 0.2) is 58.4 Å². The molecule has 3 aromatic rings. The van der Waals surface area contributed by atoms with E-state index in [1.54, 1.807) is 19.1 Å². The number of nitrogens with two attached hydrogens (primary N) is 1. The smallest absolute Gasteiger partial charge is 0.274 e. The fourth-order valence-corrected chi connectivity index (χ4v) is 5.41. The van der Waals surface area contributed by atoms with Crippen LogP contribution in [0.5, 0.6) is 5.75 Å². The molecule has 0 spiro atoms. The van der Waals surface area contributed by atoms with Gasteiger partial charge in [0.15, 0.2) is 5.17 Å². The fourth-order valence-electron chi connectivity index (χ4n) is 4.19. The maximum atomic E-state index is 15.2. The van der Waals surface area contributed by atoms with Crippen molar-refractivity contribution in [1.82, 2.24) is 10.1 Å². The third-order valence-corrected chi connectivity index (χ3v) is 7.59. The van der Waals surface area contributed by atoms with Crippen molar-refractivity contribution in [3.05, 3.63) is 71.6 Å². The molecular formula is C25H23F2N5O3S. The molecule has 1 aromatic carbocycles. The summed E-state index contributed by atoms with van der Waals surface area (Å²) in [6.07, 6.45) is 7.93. The number of ether oxygens (including phenoxy) is 1. The molecule has 0 saturated heterocycles. The molecule has 1 amide bonds. The Balaban J connectivity index is 1.67. The number of nitrogens with zero attached hydrogens (tertiary/aromatic N) is 3. The number of aromatic nitrogens is 2. The summed E-state index contributed by atoms with van der Waals surface area (Å²) in [5.41, 5.74) is 5.27. The van der Waals surface area contributed by atoms with E-state index in [1.165, 1.54) is 42.4 Å². The zero-order chi connectivity index (χ0) is 25.9. The van der Waals surface area contributed by atoms with E-state index in [9.17, 15) is 9.18 Å². The summed E-state index contributed by atoms with van der Waals surface area (Å²) in [5, 5.41) is 6.77. The Hall–Kier alpha value is -3.91. The number of hydrogen-bond donors (Lipinski definition) is 2. The van der Waals surface area contributed by atoms with Gasteiger partial charge in [0.25, 0.3) is 5.91 Å². The monoisotopic (exact) mass is 511 g/mol. The Labute approximate surface area is 210 Å². The number of benzene rings is 1. The number of hydrogen-bond acceptors (Lipinski definition) is 8. The van der Waals surface area contributed by atoms with Crippen LogP contribution in [0.3, 0.4) is 0 Å². The van der Waals surface area contributed by atoms with E-state index in [1.807, 2.05) is 6.92 Å². The van der Waals surface area contributed by atoms with Crippen molar-refractivity contribution in [2.75, 3.05) is 18.6 Å². The highest BCUT2D eigenvalue weighted by Gasteiger charge is 2.54. The van der Waals surface area contributed by atoms with Crippen LogP contribution >= 0.6 is 11.8 Å². The lowest BCUT2D eigenvalue weighted by Gasteiger charge is -2.46. The summed E-state index contributed by atoms with van der Waals surface area (Å²) in [4.78, 5) is 21.2. The largest absolute Gasteiger partial charge is 0.479 e. The standard InChI is InChI=1S/C25H23F2N5O3S/c1-4-10-34-17-6-8-20(29-13-17)22(33)30-16-5-7-19(27)18(12-16)25(14-26)15(2)24(3,36-23(28)31-25)21-9-11-35-32-21/h1,5-9,11-13,15H,10,14H2,2-3H3,(H2,28,31)(H,30,33)/t15-,24+,25+/m1/s1. The van der Waals surface area contributed by atoms with Crippen LogP contribution in [0.4, 0.5) is 14.5 Å². The molecule has 0 fully saturated rings. The molecule has 36 heavy (non-hydrogen) atoms. The van der Waals surface area contributed by atoms with Gasteiger partial charge < -0.3 is 20.3 Å². The van der Waals surface area contributed by atoms with E-state index in [2.05, 4.69) is 26.4 Å². The number of halogens is 2. The Kier molecular flexibility index (Phi) is 6.99.